The number of thiophene rings is 1. The summed E-state index contributed by atoms with van der Waals surface area (Å²) in [4.78, 5) is 18.0. The van der Waals surface area contributed by atoms with Gasteiger partial charge < -0.3 is 5.32 Å². The summed E-state index contributed by atoms with van der Waals surface area (Å²) in [5.74, 6) is -0.247. The molecule has 0 atom stereocenters. The van der Waals surface area contributed by atoms with E-state index in [1.165, 1.54) is 0 Å². The van der Waals surface area contributed by atoms with Gasteiger partial charge in [0.15, 0.2) is 5.69 Å². The summed E-state index contributed by atoms with van der Waals surface area (Å²) < 4.78 is 0. The molecule has 118 valence electrons. The van der Waals surface area contributed by atoms with Crippen LogP contribution >= 0.6 is 11.3 Å². The normalized spacial score (nSPS) is 10.9. The third-order valence-corrected chi connectivity index (χ3v) is 4.72. The second-order valence-corrected chi connectivity index (χ2v) is 6.38. The Kier molecular flexibility index (Phi) is 3.59. The Labute approximate surface area is 142 Å². The molecule has 4 rings (SSSR count). The van der Waals surface area contributed by atoms with Gasteiger partial charge in [-0.15, -0.1) is 11.3 Å². The van der Waals surface area contributed by atoms with Crippen molar-refractivity contribution < 1.29 is 4.79 Å². The highest BCUT2D eigenvalue weighted by Crippen LogP contribution is 2.26. The first-order chi connectivity index (χ1) is 11.7. The Morgan fingerprint density at radius 1 is 1.21 bits per heavy atom. The van der Waals surface area contributed by atoms with Crippen LogP contribution in [0.5, 0.6) is 0 Å². The van der Waals surface area contributed by atoms with Crippen LogP contribution in [0, 0.1) is 6.92 Å². The molecule has 24 heavy (non-hydrogen) atoms. The number of aromatic nitrogens is 3. The van der Waals surface area contributed by atoms with E-state index in [9.17, 15) is 4.79 Å². The minimum atomic E-state index is -0.247. The van der Waals surface area contributed by atoms with Crippen LogP contribution in [0.2, 0.25) is 0 Å². The van der Waals surface area contributed by atoms with Crippen LogP contribution in [0.1, 0.15) is 16.1 Å². The number of aromatic amines is 1. The largest absolute Gasteiger partial charge is 0.320 e. The maximum atomic E-state index is 12.5. The van der Waals surface area contributed by atoms with Gasteiger partial charge in [0.1, 0.15) is 0 Å². The number of hydrogen-bond acceptors (Lipinski definition) is 4. The summed E-state index contributed by atoms with van der Waals surface area (Å²) in [6, 6.07) is 13.4. The molecule has 3 heterocycles. The van der Waals surface area contributed by atoms with Gasteiger partial charge >= 0.3 is 0 Å². The zero-order valence-corrected chi connectivity index (χ0v) is 13.7. The van der Waals surface area contributed by atoms with Gasteiger partial charge in [-0.25, -0.2) is 0 Å². The molecule has 0 fully saturated rings. The fraction of sp³-hybridized carbons (Fsp3) is 0.0556. The van der Waals surface area contributed by atoms with Crippen molar-refractivity contribution in [2.24, 2.45) is 0 Å². The van der Waals surface area contributed by atoms with Crippen molar-refractivity contribution in [2.45, 2.75) is 6.92 Å². The first-order valence-electron chi connectivity index (χ1n) is 7.47. The Hall–Kier alpha value is -2.99. The molecule has 3 aromatic heterocycles. The Morgan fingerprint density at radius 2 is 2.12 bits per heavy atom. The molecule has 0 saturated carbocycles. The summed E-state index contributed by atoms with van der Waals surface area (Å²) in [6.45, 7) is 2.00. The predicted octanol–water partition coefficient (Wildman–Crippen LogP) is 4.25. The number of carbonyl (C=O) groups excluding carboxylic acids is 1. The molecule has 0 bridgehead atoms. The number of anilines is 1. The van der Waals surface area contributed by atoms with Gasteiger partial charge in [-0.3, -0.25) is 14.9 Å². The highest BCUT2D eigenvalue weighted by Gasteiger charge is 2.14. The van der Waals surface area contributed by atoms with Gasteiger partial charge in [0.05, 0.1) is 21.8 Å². The van der Waals surface area contributed by atoms with Gasteiger partial charge in [0.25, 0.3) is 5.91 Å². The van der Waals surface area contributed by atoms with Gasteiger partial charge in [-0.2, -0.15) is 5.10 Å². The average molecular weight is 334 g/mol. The first-order valence-corrected chi connectivity index (χ1v) is 8.35. The smallest absolute Gasteiger partial charge is 0.276 e. The number of H-pyrrole nitrogens is 1. The number of nitrogens with one attached hydrogen (secondary N) is 2. The summed E-state index contributed by atoms with van der Waals surface area (Å²) >= 11 is 1.60. The number of nitrogens with zero attached hydrogens (tertiary/aromatic N) is 2. The van der Waals surface area contributed by atoms with Gasteiger partial charge in [0, 0.05) is 11.6 Å². The Balaban J connectivity index is 1.64. The molecule has 4 aromatic rings. The van der Waals surface area contributed by atoms with Crippen LogP contribution in [0.25, 0.3) is 21.5 Å². The highest BCUT2D eigenvalue weighted by atomic mass is 32.1. The van der Waals surface area contributed by atoms with E-state index >= 15 is 0 Å². The number of aryl methyl sites for hydroxylation is 1. The number of amides is 1. The molecule has 6 heteroatoms. The SMILES string of the molecule is Cc1ccc(NC(=O)c2cc(-c3cccs3)[nH]n2)c2cccnc12. The van der Waals surface area contributed by atoms with Crippen molar-refractivity contribution in [2.75, 3.05) is 5.32 Å². The zero-order valence-electron chi connectivity index (χ0n) is 12.9. The van der Waals surface area contributed by atoms with Crippen molar-refractivity contribution in [3.63, 3.8) is 0 Å². The number of carbonyl (C=O) groups is 1. The summed E-state index contributed by atoms with van der Waals surface area (Å²) in [7, 11) is 0. The molecule has 0 aliphatic carbocycles. The van der Waals surface area contributed by atoms with Crippen LogP contribution < -0.4 is 5.32 Å². The lowest BCUT2D eigenvalue weighted by Gasteiger charge is -2.08. The average Bonchev–Trinajstić information content (AvgIpc) is 3.28. The van der Waals surface area contributed by atoms with Gasteiger partial charge in [-0.1, -0.05) is 12.1 Å². The van der Waals surface area contributed by atoms with E-state index in [0.29, 0.717) is 5.69 Å². The van der Waals surface area contributed by atoms with Crippen LogP contribution in [-0.4, -0.2) is 21.1 Å². The number of rotatable bonds is 3. The van der Waals surface area contributed by atoms with E-state index in [0.717, 1.165) is 32.7 Å². The molecule has 0 radical (unpaired) electrons. The number of fused-ring (bicyclic) bond motifs is 1. The quantitative estimate of drug-likeness (QED) is 0.588. The molecule has 1 aromatic carbocycles. The van der Waals surface area contributed by atoms with Crippen LogP contribution in [0.15, 0.2) is 54.0 Å². The van der Waals surface area contributed by atoms with E-state index in [1.807, 2.05) is 48.7 Å². The zero-order chi connectivity index (χ0) is 16.5. The molecular formula is C18H14N4OS. The van der Waals surface area contributed by atoms with E-state index < -0.39 is 0 Å². The third-order valence-electron chi connectivity index (χ3n) is 3.82. The maximum absolute atomic E-state index is 12.5. The second-order valence-electron chi connectivity index (χ2n) is 5.43. The standard InChI is InChI=1S/C18H14N4OS/c1-11-6-7-13(12-4-2-8-19-17(11)12)20-18(23)15-10-14(21-22-15)16-5-3-9-24-16/h2-10H,1H3,(H,20,23)(H,21,22). The number of hydrogen-bond donors (Lipinski definition) is 2. The summed E-state index contributed by atoms with van der Waals surface area (Å²) in [6.07, 6.45) is 1.75. The Morgan fingerprint density at radius 3 is 2.96 bits per heavy atom. The molecular weight excluding hydrogens is 320 g/mol. The molecule has 2 N–H and O–H groups in total. The van der Waals surface area contributed by atoms with E-state index in [2.05, 4.69) is 20.5 Å². The molecule has 1 amide bonds. The maximum Gasteiger partial charge on any atom is 0.276 e. The van der Waals surface area contributed by atoms with Gasteiger partial charge in [0.2, 0.25) is 0 Å². The predicted molar refractivity (Wildman–Crippen MR) is 96.3 cm³/mol. The summed E-state index contributed by atoms with van der Waals surface area (Å²) in [5.41, 5.74) is 3.89. The first kappa shape index (κ1) is 14.6. The Bertz CT molecular complexity index is 1020. The topological polar surface area (TPSA) is 70.7 Å². The lowest BCUT2D eigenvalue weighted by atomic mass is 10.1. The second kappa shape index (κ2) is 5.90. The minimum absolute atomic E-state index is 0.247. The fourth-order valence-corrected chi connectivity index (χ4v) is 3.30. The van der Waals surface area contributed by atoms with Crippen molar-refractivity contribution in [3.05, 3.63) is 65.3 Å². The number of benzene rings is 1. The van der Waals surface area contributed by atoms with Crippen molar-refractivity contribution in [1.82, 2.24) is 15.2 Å². The van der Waals surface area contributed by atoms with E-state index in [4.69, 9.17) is 0 Å². The van der Waals surface area contributed by atoms with Crippen molar-refractivity contribution in [1.29, 1.82) is 0 Å². The molecule has 0 spiro atoms. The summed E-state index contributed by atoms with van der Waals surface area (Å²) in [5, 5.41) is 12.9. The minimum Gasteiger partial charge on any atom is -0.320 e. The fourth-order valence-electron chi connectivity index (χ4n) is 2.61. The monoisotopic (exact) mass is 334 g/mol. The highest BCUT2D eigenvalue weighted by molar-refractivity contribution is 7.13. The molecule has 5 nitrogen and oxygen atoms in total. The van der Waals surface area contributed by atoms with Gasteiger partial charge in [-0.05, 0) is 48.2 Å². The molecule has 0 saturated heterocycles. The van der Waals surface area contributed by atoms with E-state index in [1.54, 1.807) is 23.6 Å². The lowest BCUT2D eigenvalue weighted by Crippen LogP contribution is -2.12. The lowest BCUT2D eigenvalue weighted by molar-refractivity contribution is 0.102. The van der Waals surface area contributed by atoms with Crippen molar-refractivity contribution in [3.8, 4) is 10.6 Å². The molecule has 0 aliphatic heterocycles. The number of pyridine rings is 1. The van der Waals surface area contributed by atoms with Crippen LogP contribution in [-0.2, 0) is 0 Å². The molecule has 0 unspecified atom stereocenters. The molecule has 0 aliphatic rings. The van der Waals surface area contributed by atoms with E-state index in [-0.39, 0.29) is 5.91 Å². The van der Waals surface area contributed by atoms with Crippen molar-refractivity contribution >= 4 is 33.8 Å². The third kappa shape index (κ3) is 2.57. The van der Waals surface area contributed by atoms with Crippen LogP contribution in [0.3, 0.4) is 0 Å². The van der Waals surface area contributed by atoms with Crippen LogP contribution in [0.4, 0.5) is 5.69 Å².